The van der Waals surface area contributed by atoms with Crippen molar-refractivity contribution in [3.05, 3.63) is 14.7 Å². The van der Waals surface area contributed by atoms with Gasteiger partial charge in [0.2, 0.25) is 10.0 Å². The van der Waals surface area contributed by atoms with E-state index in [9.17, 15) is 8.42 Å². The molecule has 0 spiro atoms. The number of nitrogens with two attached hydrogens (primary N) is 1. The van der Waals surface area contributed by atoms with Crippen molar-refractivity contribution in [2.24, 2.45) is 11.7 Å². The predicted octanol–water partition coefficient (Wildman–Crippen LogP) is 3.22. The van der Waals surface area contributed by atoms with E-state index in [0.717, 1.165) is 24.2 Å². The first-order chi connectivity index (χ1) is 8.86. The number of thiophene rings is 1. The van der Waals surface area contributed by atoms with Crippen LogP contribution < -0.4 is 5.73 Å². The van der Waals surface area contributed by atoms with E-state index >= 15 is 0 Å². The summed E-state index contributed by atoms with van der Waals surface area (Å²) in [6, 6.07) is 1.25. The molecule has 2 unspecified atom stereocenters. The van der Waals surface area contributed by atoms with Gasteiger partial charge in [0.15, 0.2) is 0 Å². The van der Waals surface area contributed by atoms with Gasteiger partial charge in [-0.2, -0.15) is 4.31 Å². The molecule has 0 bridgehead atoms. The minimum Gasteiger partial charge on any atom is -0.329 e. The van der Waals surface area contributed by atoms with E-state index in [1.807, 2.05) is 0 Å². The Morgan fingerprint density at radius 1 is 1.50 bits per heavy atom. The molecule has 2 N–H and O–H groups in total. The molecule has 1 fully saturated rings. The molecule has 0 saturated carbocycles. The molecule has 2 heterocycles. The van der Waals surface area contributed by atoms with Crippen molar-refractivity contribution in [2.75, 3.05) is 13.1 Å². The fourth-order valence-electron chi connectivity index (χ4n) is 2.39. The van der Waals surface area contributed by atoms with E-state index in [1.165, 1.54) is 10.4 Å². The van der Waals surface area contributed by atoms with Gasteiger partial charge in [0, 0.05) is 19.1 Å². The fraction of sp³-hybridized carbons (Fsp3) is 0.636. The van der Waals surface area contributed by atoms with Crippen LogP contribution in [0, 0.1) is 5.92 Å². The number of nitrogens with zero attached hydrogens (tertiary/aromatic N) is 1. The first-order valence-corrected chi connectivity index (χ1v) is 9.04. The van der Waals surface area contributed by atoms with Crippen LogP contribution in [0.15, 0.2) is 11.0 Å². The van der Waals surface area contributed by atoms with Crippen LogP contribution in [0.2, 0.25) is 8.67 Å². The summed E-state index contributed by atoms with van der Waals surface area (Å²) >= 11 is 12.9. The molecule has 1 aliphatic rings. The normalized spacial score (nSPS) is 24.4. The molecular weight excluding hydrogens is 363 g/mol. The van der Waals surface area contributed by atoms with Crippen LogP contribution >= 0.6 is 46.9 Å². The van der Waals surface area contributed by atoms with Crippen LogP contribution in [0.5, 0.6) is 0 Å². The second-order valence-electron chi connectivity index (χ2n) is 4.82. The van der Waals surface area contributed by atoms with Gasteiger partial charge in [-0.3, -0.25) is 0 Å². The van der Waals surface area contributed by atoms with Gasteiger partial charge in [-0.05, 0) is 24.8 Å². The second-order valence-corrected chi connectivity index (χ2v) is 8.97. The zero-order valence-corrected chi connectivity index (χ0v) is 14.8. The number of hydrogen-bond donors (Lipinski definition) is 1. The highest BCUT2D eigenvalue weighted by atomic mass is 35.5. The molecule has 1 aromatic rings. The summed E-state index contributed by atoms with van der Waals surface area (Å²) in [5.74, 6) is 0.488. The van der Waals surface area contributed by atoms with Gasteiger partial charge in [-0.25, -0.2) is 8.42 Å². The largest absolute Gasteiger partial charge is 0.329 e. The monoisotopic (exact) mass is 378 g/mol. The topological polar surface area (TPSA) is 63.4 Å². The molecule has 0 aromatic carbocycles. The minimum atomic E-state index is -3.61. The summed E-state index contributed by atoms with van der Waals surface area (Å²) in [6.07, 6.45) is 1.62. The van der Waals surface area contributed by atoms with Crippen LogP contribution in [0.1, 0.15) is 19.8 Å². The Balaban J connectivity index is 0.00000200. The van der Waals surface area contributed by atoms with Gasteiger partial charge >= 0.3 is 0 Å². The van der Waals surface area contributed by atoms with Gasteiger partial charge in [-0.15, -0.1) is 23.7 Å². The number of rotatable bonds is 3. The molecule has 20 heavy (non-hydrogen) atoms. The molecule has 0 amide bonds. The van der Waals surface area contributed by atoms with Gasteiger partial charge in [0.1, 0.15) is 9.23 Å². The average molecular weight is 380 g/mol. The molecule has 1 aromatic heterocycles. The number of halogens is 3. The van der Waals surface area contributed by atoms with Crippen LogP contribution in [0.4, 0.5) is 0 Å². The van der Waals surface area contributed by atoms with Crippen molar-refractivity contribution in [1.82, 2.24) is 4.31 Å². The van der Waals surface area contributed by atoms with E-state index in [2.05, 4.69) is 6.92 Å². The summed E-state index contributed by atoms with van der Waals surface area (Å²) in [4.78, 5) is 0.0946. The highest BCUT2D eigenvalue weighted by Gasteiger charge is 2.36. The van der Waals surface area contributed by atoms with E-state index in [-0.39, 0.29) is 27.7 Å². The molecule has 2 rings (SSSR count). The van der Waals surface area contributed by atoms with Crippen LogP contribution in [-0.2, 0) is 10.0 Å². The summed E-state index contributed by atoms with van der Waals surface area (Å²) in [7, 11) is -3.61. The van der Waals surface area contributed by atoms with Crippen molar-refractivity contribution in [2.45, 2.75) is 30.7 Å². The Kier molecular flexibility index (Phi) is 6.59. The Morgan fingerprint density at radius 2 is 2.15 bits per heavy atom. The molecule has 0 radical (unpaired) electrons. The zero-order valence-electron chi connectivity index (χ0n) is 10.9. The van der Waals surface area contributed by atoms with E-state index in [4.69, 9.17) is 28.9 Å². The van der Waals surface area contributed by atoms with Gasteiger partial charge in [0.25, 0.3) is 0 Å². The fourth-order valence-corrected chi connectivity index (χ4v) is 6.16. The molecule has 9 heteroatoms. The molecule has 1 saturated heterocycles. The molecule has 4 nitrogen and oxygen atoms in total. The van der Waals surface area contributed by atoms with Crippen LogP contribution in [-0.4, -0.2) is 31.9 Å². The zero-order chi connectivity index (χ0) is 14.2. The first kappa shape index (κ1) is 18.5. The van der Waals surface area contributed by atoms with Gasteiger partial charge < -0.3 is 5.73 Å². The summed E-state index contributed by atoms with van der Waals surface area (Å²) in [5, 5.41) is 0. The van der Waals surface area contributed by atoms with E-state index in [1.54, 1.807) is 0 Å². The van der Waals surface area contributed by atoms with Crippen LogP contribution in [0.25, 0.3) is 0 Å². The van der Waals surface area contributed by atoms with E-state index in [0.29, 0.717) is 23.3 Å². The summed E-state index contributed by atoms with van der Waals surface area (Å²) in [6.45, 7) is 2.91. The Labute approximate surface area is 139 Å². The third kappa shape index (κ3) is 3.61. The Hall–Kier alpha value is 0.440. The minimum absolute atomic E-state index is 0. The maximum absolute atomic E-state index is 12.6. The number of piperidine rings is 1. The number of hydrogen-bond acceptors (Lipinski definition) is 4. The Bertz CT molecular complexity index is 562. The third-order valence-corrected chi connectivity index (χ3v) is 7.11. The lowest BCUT2D eigenvalue weighted by Crippen LogP contribution is -2.49. The average Bonchev–Trinajstić information content (AvgIpc) is 2.68. The highest BCUT2D eigenvalue weighted by molar-refractivity contribution is 7.89. The molecule has 0 aliphatic carbocycles. The molecular formula is C11H17Cl3N2O2S2. The molecule has 116 valence electrons. The van der Waals surface area contributed by atoms with E-state index < -0.39 is 10.0 Å². The molecule has 2 atom stereocenters. The van der Waals surface area contributed by atoms with Crippen molar-refractivity contribution < 1.29 is 8.42 Å². The maximum atomic E-state index is 12.6. The smallest absolute Gasteiger partial charge is 0.245 e. The maximum Gasteiger partial charge on any atom is 0.245 e. The quantitative estimate of drug-likeness (QED) is 0.877. The first-order valence-electron chi connectivity index (χ1n) is 6.03. The lowest BCUT2D eigenvalue weighted by atomic mass is 9.94. The predicted molar refractivity (Wildman–Crippen MR) is 86.7 cm³/mol. The second kappa shape index (κ2) is 7.13. The Morgan fingerprint density at radius 3 is 2.65 bits per heavy atom. The van der Waals surface area contributed by atoms with Crippen molar-refractivity contribution >= 4 is 57.0 Å². The highest BCUT2D eigenvalue weighted by Crippen LogP contribution is 2.37. The molecule has 1 aliphatic heterocycles. The van der Waals surface area contributed by atoms with Crippen molar-refractivity contribution in [1.29, 1.82) is 0 Å². The van der Waals surface area contributed by atoms with Gasteiger partial charge in [0.05, 0.1) is 4.34 Å². The standard InChI is InChI=1S/C11H16Cl2N2O2S2.ClH/c1-7-2-3-15(8(4-7)6-14)19(16,17)9-5-10(12)18-11(9)13;/h5,7-8H,2-4,6,14H2,1H3;1H. The van der Waals surface area contributed by atoms with Crippen molar-refractivity contribution in [3.8, 4) is 0 Å². The number of sulfonamides is 1. The van der Waals surface area contributed by atoms with Crippen molar-refractivity contribution in [3.63, 3.8) is 0 Å². The lowest BCUT2D eigenvalue weighted by Gasteiger charge is -2.36. The summed E-state index contributed by atoms with van der Waals surface area (Å²) in [5.41, 5.74) is 5.71. The summed E-state index contributed by atoms with van der Waals surface area (Å²) < 4.78 is 27.3. The SMILES string of the molecule is CC1CCN(S(=O)(=O)c2cc(Cl)sc2Cl)C(CN)C1.Cl. The lowest BCUT2D eigenvalue weighted by molar-refractivity contribution is 0.211. The van der Waals surface area contributed by atoms with Crippen LogP contribution in [0.3, 0.4) is 0 Å². The van der Waals surface area contributed by atoms with Gasteiger partial charge in [-0.1, -0.05) is 30.1 Å². The third-order valence-electron chi connectivity index (χ3n) is 3.41.